The number of hydrogen-bond acceptors (Lipinski definition) is 4. The summed E-state index contributed by atoms with van der Waals surface area (Å²) in [6, 6.07) is 4.94. The summed E-state index contributed by atoms with van der Waals surface area (Å²) in [4.78, 5) is 0. The number of phenolic OH excluding ortho intramolecular Hbond substituents is 1. The standard InChI is InChI=1S/C11H16ClNO3/c1-15-11(16-2)7-13-6-8-5-9(12)3-4-10(8)14/h3-5,11,13-14H,6-7H2,1-2H3. The lowest BCUT2D eigenvalue weighted by molar-refractivity contribution is -0.0989. The zero-order valence-electron chi connectivity index (χ0n) is 9.37. The number of phenols is 1. The van der Waals surface area contributed by atoms with Gasteiger partial charge in [0.15, 0.2) is 6.29 Å². The third-order valence-electron chi connectivity index (χ3n) is 2.19. The highest BCUT2D eigenvalue weighted by atomic mass is 35.5. The van der Waals surface area contributed by atoms with E-state index in [1.54, 1.807) is 32.4 Å². The molecular weight excluding hydrogens is 230 g/mol. The number of rotatable bonds is 6. The molecular formula is C11H16ClNO3. The Bertz CT molecular complexity index is 329. The smallest absolute Gasteiger partial charge is 0.169 e. The van der Waals surface area contributed by atoms with E-state index < -0.39 is 0 Å². The summed E-state index contributed by atoms with van der Waals surface area (Å²) in [7, 11) is 3.15. The molecule has 0 aromatic heterocycles. The zero-order chi connectivity index (χ0) is 12.0. The number of ether oxygens (including phenoxy) is 2. The highest BCUT2D eigenvalue weighted by molar-refractivity contribution is 6.30. The Kier molecular flexibility index (Phi) is 5.55. The lowest BCUT2D eigenvalue weighted by atomic mass is 10.2. The number of hydrogen-bond donors (Lipinski definition) is 2. The van der Waals surface area contributed by atoms with Gasteiger partial charge in [0.05, 0.1) is 0 Å². The van der Waals surface area contributed by atoms with Crippen molar-refractivity contribution >= 4 is 11.6 Å². The third-order valence-corrected chi connectivity index (χ3v) is 2.43. The van der Waals surface area contributed by atoms with Crippen LogP contribution in [0.2, 0.25) is 5.02 Å². The van der Waals surface area contributed by atoms with Gasteiger partial charge in [0.1, 0.15) is 5.75 Å². The molecule has 5 heteroatoms. The molecule has 0 aliphatic rings. The molecule has 0 amide bonds. The Morgan fingerprint density at radius 1 is 1.38 bits per heavy atom. The van der Waals surface area contributed by atoms with Crippen molar-refractivity contribution in [1.29, 1.82) is 0 Å². The highest BCUT2D eigenvalue weighted by Gasteiger charge is 2.06. The van der Waals surface area contributed by atoms with Crippen LogP contribution in [0, 0.1) is 0 Å². The molecule has 0 saturated carbocycles. The average Bonchev–Trinajstić information content (AvgIpc) is 2.29. The van der Waals surface area contributed by atoms with Crippen molar-refractivity contribution < 1.29 is 14.6 Å². The normalized spacial score (nSPS) is 11.0. The molecule has 0 aliphatic carbocycles. The topological polar surface area (TPSA) is 50.7 Å². The van der Waals surface area contributed by atoms with Crippen molar-refractivity contribution in [3.8, 4) is 5.75 Å². The van der Waals surface area contributed by atoms with E-state index >= 15 is 0 Å². The van der Waals surface area contributed by atoms with Crippen molar-refractivity contribution in [2.24, 2.45) is 0 Å². The second kappa shape index (κ2) is 6.70. The molecule has 0 radical (unpaired) electrons. The van der Waals surface area contributed by atoms with Gasteiger partial charge in [-0.1, -0.05) is 11.6 Å². The lowest BCUT2D eigenvalue weighted by Crippen LogP contribution is -2.29. The summed E-state index contributed by atoms with van der Waals surface area (Å²) in [5.74, 6) is 0.225. The maximum atomic E-state index is 9.55. The Morgan fingerprint density at radius 3 is 2.69 bits per heavy atom. The fourth-order valence-corrected chi connectivity index (χ4v) is 1.48. The Hall–Kier alpha value is -0.810. The van der Waals surface area contributed by atoms with Gasteiger partial charge >= 0.3 is 0 Å². The average molecular weight is 246 g/mol. The second-order valence-electron chi connectivity index (χ2n) is 3.30. The minimum Gasteiger partial charge on any atom is -0.508 e. The van der Waals surface area contributed by atoms with E-state index in [0.29, 0.717) is 18.1 Å². The molecule has 0 unspecified atom stereocenters. The van der Waals surface area contributed by atoms with Crippen LogP contribution in [0.5, 0.6) is 5.75 Å². The van der Waals surface area contributed by atoms with E-state index in [2.05, 4.69) is 5.32 Å². The second-order valence-corrected chi connectivity index (χ2v) is 3.74. The van der Waals surface area contributed by atoms with Gasteiger partial charge < -0.3 is 19.9 Å². The molecule has 4 nitrogen and oxygen atoms in total. The first-order valence-corrected chi connectivity index (χ1v) is 5.29. The fourth-order valence-electron chi connectivity index (χ4n) is 1.28. The molecule has 1 rings (SSSR count). The van der Waals surface area contributed by atoms with Crippen LogP contribution in [0.15, 0.2) is 18.2 Å². The number of aromatic hydroxyl groups is 1. The Balaban J connectivity index is 2.45. The molecule has 0 bridgehead atoms. The van der Waals surface area contributed by atoms with Gasteiger partial charge in [-0.2, -0.15) is 0 Å². The summed E-state index contributed by atoms with van der Waals surface area (Å²) >= 11 is 5.82. The van der Waals surface area contributed by atoms with E-state index in [-0.39, 0.29) is 12.0 Å². The van der Waals surface area contributed by atoms with E-state index in [1.807, 2.05) is 0 Å². The molecule has 1 aromatic carbocycles. The van der Waals surface area contributed by atoms with E-state index in [4.69, 9.17) is 21.1 Å². The van der Waals surface area contributed by atoms with Crippen LogP contribution >= 0.6 is 11.6 Å². The molecule has 0 fully saturated rings. The van der Waals surface area contributed by atoms with Crippen molar-refractivity contribution in [1.82, 2.24) is 5.32 Å². The van der Waals surface area contributed by atoms with Crippen LogP contribution in [-0.4, -0.2) is 32.2 Å². The maximum Gasteiger partial charge on any atom is 0.169 e. The minimum absolute atomic E-state index is 0.225. The van der Waals surface area contributed by atoms with Crippen molar-refractivity contribution in [2.45, 2.75) is 12.8 Å². The quantitative estimate of drug-likeness (QED) is 0.750. The first-order valence-electron chi connectivity index (χ1n) is 4.91. The monoisotopic (exact) mass is 245 g/mol. The molecule has 0 spiro atoms. The lowest BCUT2D eigenvalue weighted by Gasteiger charge is -2.14. The molecule has 1 aromatic rings. The van der Waals surface area contributed by atoms with Gasteiger partial charge in [-0.25, -0.2) is 0 Å². The molecule has 2 N–H and O–H groups in total. The number of methoxy groups -OCH3 is 2. The summed E-state index contributed by atoms with van der Waals surface area (Å²) in [5, 5.41) is 13.3. The van der Waals surface area contributed by atoms with Gasteiger partial charge in [-0.05, 0) is 18.2 Å². The van der Waals surface area contributed by atoms with Crippen molar-refractivity contribution in [3.63, 3.8) is 0 Å². The van der Waals surface area contributed by atoms with Gasteiger partial charge in [0, 0.05) is 37.9 Å². The van der Waals surface area contributed by atoms with Crippen LogP contribution in [0.3, 0.4) is 0 Å². The zero-order valence-corrected chi connectivity index (χ0v) is 10.1. The number of nitrogens with one attached hydrogen (secondary N) is 1. The van der Waals surface area contributed by atoms with Gasteiger partial charge in [-0.15, -0.1) is 0 Å². The maximum absolute atomic E-state index is 9.55. The van der Waals surface area contributed by atoms with Crippen LogP contribution in [0.25, 0.3) is 0 Å². The fraction of sp³-hybridized carbons (Fsp3) is 0.455. The minimum atomic E-state index is -0.290. The van der Waals surface area contributed by atoms with Gasteiger partial charge in [-0.3, -0.25) is 0 Å². The van der Waals surface area contributed by atoms with Gasteiger partial charge in [0.25, 0.3) is 0 Å². The predicted octanol–water partition coefficient (Wildman–Crippen LogP) is 1.75. The summed E-state index contributed by atoms with van der Waals surface area (Å²) in [6.07, 6.45) is -0.290. The third kappa shape index (κ3) is 3.98. The number of halogens is 1. The van der Waals surface area contributed by atoms with Crippen LogP contribution in [0.4, 0.5) is 0 Å². The summed E-state index contributed by atoms with van der Waals surface area (Å²) in [6.45, 7) is 1.05. The first-order chi connectivity index (χ1) is 7.67. The summed E-state index contributed by atoms with van der Waals surface area (Å²) < 4.78 is 10.0. The highest BCUT2D eigenvalue weighted by Crippen LogP contribution is 2.20. The van der Waals surface area contributed by atoms with E-state index in [0.717, 1.165) is 5.56 Å². The molecule has 90 valence electrons. The largest absolute Gasteiger partial charge is 0.508 e. The van der Waals surface area contributed by atoms with Crippen molar-refractivity contribution in [2.75, 3.05) is 20.8 Å². The molecule has 0 heterocycles. The molecule has 0 aliphatic heterocycles. The van der Waals surface area contributed by atoms with E-state index in [9.17, 15) is 5.11 Å². The SMILES string of the molecule is COC(CNCc1cc(Cl)ccc1O)OC. The van der Waals surface area contributed by atoms with Crippen molar-refractivity contribution in [3.05, 3.63) is 28.8 Å². The molecule has 0 atom stereocenters. The van der Waals surface area contributed by atoms with Crippen LogP contribution < -0.4 is 5.32 Å². The first kappa shape index (κ1) is 13.3. The summed E-state index contributed by atoms with van der Waals surface area (Å²) in [5.41, 5.74) is 0.749. The number of benzene rings is 1. The molecule has 0 saturated heterocycles. The van der Waals surface area contributed by atoms with Crippen LogP contribution in [-0.2, 0) is 16.0 Å². The van der Waals surface area contributed by atoms with Gasteiger partial charge in [0.2, 0.25) is 0 Å². The van der Waals surface area contributed by atoms with Crippen LogP contribution in [0.1, 0.15) is 5.56 Å². The predicted molar refractivity (Wildman–Crippen MR) is 62.6 cm³/mol. The Morgan fingerprint density at radius 2 is 2.06 bits per heavy atom. The molecule has 16 heavy (non-hydrogen) atoms. The van der Waals surface area contributed by atoms with E-state index in [1.165, 1.54) is 0 Å². The Labute approximate surface area is 100 Å².